The smallest absolute Gasteiger partial charge is 0.326 e. The average molecular weight is 663 g/mol. The highest BCUT2D eigenvalue weighted by molar-refractivity contribution is 5.97. The van der Waals surface area contributed by atoms with Crippen molar-refractivity contribution in [1.82, 2.24) is 26.6 Å². The summed E-state index contributed by atoms with van der Waals surface area (Å²) in [5.41, 5.74) is 5.81. The molecule has 0 aromatic heterocycles. The number of carbonyl (C=O) groups is 8. The van der Waals surface area contributed by atoms with E-state index in [0.717, 1.165) is 6.92 Å². The molecule has 0 bridgehead atoms. The summed E-state index contributed by atoms with van der Waals surface area (Å²) in [6.07, 6.45) is -1.24. The van der Waals surface area contributed by atoms with Crippen LogP contribution >= 0.6 is 0 Å². The molecular formula is C31H46N6O10. The molecule has 0 aliphatic heterocycles. The van der Waals surface area contributed by atoms with E-state index in [0.29, 0.717) is 5.56 Å². The summed E-state index contributed by atoms with van der Waals surface area (Å²) < 4.78 is 0. The molecule has 5 atom stereocenters. The maximum absolute atomic E-state index is 13.4. The van der Waals surface area contributed by atoms with Crippen LogP contribution in [0.25, 0.3) is 0 Å². The first-order chi connectivity index (χ1) is 21.9. The standard InChI is InChI=1S/C31H46N6O10/c1-16(2)13-21(34-27(42)20(33-18(5)38)11-12-24(32)39)28(43)35-22(15-25(40)41)29(44)37-26(17(3)4)30(45)36-23(31(46)47)14-19-9-7-6-8-10-19/h6-10,16-17,20-23,26H,11-15H2,1-5H3,(H2,32,39)(H,33,38)(H,34,42)(H,35,43)(H,36,45)(H,37,44)(H,40,41)(H,46,47)/t20-,21-,22-,23-,26-/m0/s1. The van der Waals surface area contributed by atoms with Crippen LogP contribution in [0.1, 0.15) is 65.9 Å². The Morgan fingerprint density at radius 2 is 1.23 bits per heavy atom. The van der Waals surface area contributed by atoms with E-state index in [1.165, 1.54) is 0 Å². The zero-order chi connectivity index (χ0) is 35.8. The summed E-state index contributed by atoms with van der Waals surface area (Å²) in [5.74, 6) is -8.37. The molecule has 9 N–H and O–H groups in total. The minimum absolute atomic E-state index is 0.0351. The normalized spacial score (nSPS) is 14.1. The molecule has 47 heavy (non-hydrogen) atoms. The number of amides is 6. The number of aliphatic carboxylic acids is 2. The van der Waals surface area contributed by atoms with Gasteiger partial charge in [0.25, 0.3) is 0 Å². The zero-order valence-corrected chi connectivity index (χ0v) is 27.2. The third kappa shape index (κ3) is 15.2. The van der Waals surface area contributed by atoms with Crippen molar-refractivity contribution in [3.8, 4) is 0 Å². The fourth-order valence-corrected chi connectivity index (χ4v) is 4.53. The number of carbonyl (C=O) groups excluding carboxylic acids is 6. The van der Waals surface area contributed by atoms with Gasteiger partial charge in [0, 0.05) is 19.8 Å². The third-order valence-electron chi connectivity index (χ3n) is 6.87. The number of nitrogens with two attached hydrogens (primary N) is 1. The zero-order valence-electron chi connectivity index (χ0n) is 27.2. The molecular weight excluding hydrogens is 616 g/mol. The van der Waals surface area contributed by atoms with Crippen LogP contribution < -0.4 is 32.3 Å². The van der Waals surface area contributed by atoms with E-state index in [-0.39, 0.29) is 31.6 Å². The molecule has 16 nitrogen and oxygen atoms in total. The van der Waals surface area contributed by atoms with Crippen LogP contribution in [0.2, 0.25) is 0 Å². The first-order valence-electron chi connectivity index (χ1n) is 15.2. The largest absolute Gasteiger partial charge is 0.481 e. The van der Waals surface area contributed by atoms with Gasteiger partial charge in [0.15, 0.2) is 0 Å². The summed E-state index contributed by atoms with van der Waals surface area (Å²) in [4.78, 5) is 99.3. The second-order valence-corrected chi connectivity index (χ2v) is 11.9. The van der Waals surface area contributed by atoms with E-state index < -0.39 is 89.9 Å². The van der Waals surface area contributed by atoms with Gasteiger partial charge in [-0.25, -0.2) is 4.79 Å². The molecule has 0 aliphatic carbocycles. The summed E-state index contributed by atoms with van der Waals surface area (Å²) in [6.45, 7) is 7.83. The fourth-order valence-electron chi connectivity index (χ4n) is 4.53. The van der Waals surface area contributed by atoms with E-state index in [1.807, 2.05) is 0 Å². The van der Waals surface area contributed by atoms with Gasteiger partial charge in [-0.3, -0.25) is 33.6 Å². The fraction of sp³-hybridized carbons (Fsp3) is 0.548. The number of hydrogen-bond acceptors (Lipinski definition) is 8. The predicted molar refractivity (Wildman–Crippen MR) is 168 cm³/mol. The lowest BCUT2D eigenvalue weighted by Gasteiger charge is -2.28. The number of carboxylic acids is 2. The maximum atomic E-state index is 13.4. The van der Waals surface area contributed by atoms with E-state index in [1.54, 1.807) is 58.0 Å². The van der Waals surface area contributed by atoms with Gasteiger partial charge in [-0.15, -0.1) is 0 Å². The van der Waals surface area contributed by atoms with E-state index in [4.69, 9.17) is 5.73 Å². The lowest BCUT2D eigenvalue weighted by atomic mass is 10.00. The average Bonchev–Trinajstić information content (AvgIpc) is 2.96. The number of hydrogen-bond donors (Lipinski definition) is 8. The molecule has 1 aromatic rings. The molecule has 0 fully saturated rings. The highest BCUT2D eigenvalue weighted by Crippen LogP contribution is 2.10. The van der Waals surface area contributed by atoms with Gasteiger partial charge in [-0.05, 0) is 30.2 Å². The van der Waals surface area contributed by atoms with Crippen LogP contribution in [0.3, 0.4) is 0 Å². The molecule has 0 spiro atoms. The molecule has 0 unspecified atom stereocenters. The monoisotopic (exact) mass is 662 g/mol. The minimum atomic E-state index is -1.69. The molecule has 6 amide bonds. The van der Waals surface area contributed by atoms with Crippen LogP contribution in [0.4, 0.5) is 0 Å². The van der Waals surface area contributed by atoms with E-state index in [9.17, 15) is 48.6 Å². The number of rotatable bonds is 20. The second-order valence-electron chi connectivity index (χ2n) is 11.9. The molecule has 1 rings (SSSR count). The third-order valence-corrected chi connectivity index (χ3v) is 6.87. The molecule has 0 saturated heterocycles. The highest BCUT2D eigenvalue weighted by Gasteiger charge is 2.34. The number of carboxylic acid groups (broad SMARTS) is 2. The van der Waals surface area contributed by atoms with Crippen molar-refractivity contribution >= 4 is 47.4 Å². The topological polar surface area (TPSA) is 263 Å². The van der Waals surface area contributed by atoms with Crippen molar-refractivity contribution in [2.45, 2.75) is 96.9 Å². The van der Waals surface area contributed by atoms with Gasteiger partial charge in [0.1, 0.15) is 30.2 Å². The Bertz CT molecular complexity index is 1290. The molecule has 0 aliphatic rings. The maximum Gasteiger partial charge on any atom is 0.326 e. The van der Waals surface area contributed by atoms with Gasteiger partial charge in [-0.2, -0.15) is 0 Å². The van der Waals surface area contributed by atoms with Gasteiger partial charge >= 0.3 is 11.9 Å². The van der Waals surface area contributed by atoms with Crippen LogP contribution in [-0.4, -0.2) is 87.8 Å². The lowest BCUT2D eigenvalue weighted by Crippen LogP contribution is -2.60. The van der Waals surface area contributed by atoms with Gasteiger partial charge in [0.2, 0.25) is 35.4 Å². The Kier molecular flexibility index (Phi) is 16.6. The van der Waals surface area contributed by atoms with Gasteiger partial charge < -0.3 is 42.5 Å². The molecule has 0 radical (unpaired) electrons. The molecule has 1 aromatic carbocycles. The van der Waals surface area contributed by atoms with Crippen molar-refractivity contribution in [2.75, 3.05) is 0 Å². The van der Waals surface area contributed by atoms with Crippen LogP contribution in [0.15, 0.2) is 30.3 Å². The van der Waals surface area contributed by atoms with Gasteiger partial charge in [0.05, 0.1) is 6.42 Å². The number of nitrogens with one attached hydrogen (secondary N) is 5. The van der Waals surface area contributed by atoms with Crippen LogP contribution in [-0.2, 0) is 44.8 Å². The van der Waals surface area contributed by atoms with Crippen molar-refractivity contribution in [1.29, 1.82) is 0 Å². The molecule has 0 heterocycles. The van der Waals surface area contributed by atoms with Crippen molar-refractivity contribution < 1.29 is 48.6 Å². The van der Waals surface area contributed by atoms with E-state index in [2.05, 4.69) is 26.6 Å². The number of primary amides is 1. The quantitative estimate of drug-likeness (QED) is 0.0861. The van der Waals surface area contributed by atoms with Crippen molar-refractivity contribution in [3.05, 3.63) is 35.9 Å². The summed E-state index contributed by atoms with van der Waals surface area (Å²) in [7, 11) is 0. The Morgan fingerprint density at radius 3 is 1.72 bits per heavy atom. The van der Waals surface area contributed by atoms with Crippen molar-refractivity contribution in [2.24, 2.45) is 17.6 Å². The summed E-state index contributed by atoms with van der Waals surface area (Å²) in [5, 5.41) is 31.2. The van der Waals surface area contributed by atoms with Crippen molar-refractivity contribution in [3.63, 3.8) is 0 Å². The lowest BCUT2D eigenvalue weighted by molar-refractivity contribution is -0.143. The second kappa shape index (κ2) is 19.5. The van der Waals surface area contributed by atoms with Crippen LogP contribution in [0.5, 0.6) is 0 Å². The van der Waals surface area contributed by atoms with E-state index >= 15 is 0 Å². The molecule has 16 heteroatoms. The first kappa shape index (κ1) is 40.0. The Balaban J connectivity index is 3.16. The predicted octanol–water partition coefficient (Wildman–Crippen LogP) is -0.800. The SMILES string of the molecule is CC(=O)N[C@@H](CCC(N)=O)C(=O)N[C@@H](CC(C)C)C(=O)N[C@@H](CC(=O)O)C(=O)N[C@H](C(=O)N[C@@H](Cc1ccccc1)C(=O)O)C(C)C. The molecule has 260 valence electrons. The van der Waals surface area contributed by atoms with Crippen LogP contribution in [0, 0.1) is 11.8 Å². The number of benzene rings is 1. The highest BCUT2D eigenvalue weighted by atomic mass is 16.4. The minimum Gasteiger partial charge on any atom is -0.481 e. The summed E-state index contributed by atoms with van der Waals surface area (Å²) in [6, 6.07) is 1.75. The summed E-state index contributed by atoms with van der Waals surface area (Å²) >= 11 is 0. The van der Waals surface area contributed by atoms with Gasteiger partial charge in [-0.1, -0.05) is 58.0 Å². The Morgan fingerprint density at radius 1 is 0.702 bits per heavy atom. The Labute approximate surface area is 273 Å². The molecule has 0 saturated carbocycles. The Hall–Kier alpha value is -5.02. The first-order valence-corrected chi connectivity index (χ1v) is 15.2.